The number of carbonyl (C=O) groups excluding carboxylic acids is 1. The molecule has 1 aromatic rings. The average molecular weight is 275 g/mol. The molecule has 0 radical (unpaired) electrons. The lowest BCUT2D eigenvalue weighted by atomic mass is 10.1. The van der Waals surface area contributed by atoms with Crippen molar-refractivity contribution in [1.29, 1.82) is 0 Å². The van der Waals surface area contributed by atoms with Crippen LogP contribution in [0.2, 0.25) is 5.02 Å². The van der Waals surface area contributed by atoms with Crippen molar-refractivity contribution in [3.05, 3.63) is 28.8 Å². The molecule has 1 saturated heterocycles. The molecule has 0 N–H and O–H groups in total. The first-order chi connectivity index (χ1) is 7.87. The van der Waals surface area contributed by atoms with E-state index in [1.165, 1.54) is 13.0 Å². The van der Waals surface area contributed by atoms with Crippen molar-refractivity contribution in [3.63, 3.8) is 0 Å². The van der Waals surface area contributed by atoms with Crippen LogP contribution in [0.5, 0.6) is 5.75 Å². The van der Waals surface area contributed by atoms with Gasteiger partial charge in [0.1, 0.15) is 11.9 Å². The number of benzene rings is 1. The summed E-state index contributed by atoms with van der Waals surface area (Å²) >= 11 is 5.94. The van der Waals surface area contributed by atoms with Crippen LogP contribution in [0.3, 0.4) is 0 Å². The fourth-order valence-corrected chi connectivity index (χ4v) is 2.98. The van der Waals surface area contributed by atoms with Crippen LogP contribution in [0.1, 0.15) is 17.3 Å². The van der Waals surface area contributed by atoms with E-state index < -0.39 is 9.84 Å². The first-order valence-corrected chi connectivity index (χ1v) is 7.25. The SMILES string of the molecule is CC(=O)c1ccc(OC2CS(=O)(=O)C2)c(Cl)c1. The van der Waals surface area contributed by atoms with Crippen molar-refractivity contribution >= 4 is 27.2 Å². The van der Waals surface area contributed by atoms with Crippen molar-refractivity contribution in [1.82, 2.24) is 0 Å². The van der Waals surface area contributed by atoms with E-state index in [4.69, 9.17) is 16.3 Å². The number of rotatable bonds is 3. The molecular formula is C11H11ClO4S. The number of carbonyl (C=O) groups is 1. The van der Waals surface area contributed by atoms with E-state index in [0.29, 0.717) is 16.3 Å². The third-order valence-corrected chi connectivity index (χ3v) is 4.57. The van der Waals surface area contributed by atoms with E-state index in [1.807, 2.05) is 0 Å². The van der Waals surface area contributed by atoms with Crippen LogP contribution in [-0.2, 0) is 9.84 Å². The third-order valence-electron chi connectivity index (χ3n) is 2.51. The monoisotopic (exact) mass is 274 g/mol. The van der Waals surface area contributed by atoms with Crippen molar-refractivity contribution in [2.45, 2.75) is 13.0 Å². The maximum Gasteiger partial charge on any atom is 0.159 e. The van der Waals surface area contributed by atoms with Gasteiger partial charge in [0.15, 0.2) is 15.6 Å². The maximum atomic E-state index is 11.1. The minimum absolute atomic E-state index is 0.0256. The summed E-state index contributed by atoms with van der Waals surface area (Å²) < 4.78 is 27.3. The number of sulfone groups is 1. The Morgan fingerprint density at radius 1 is 1.41 bits per heavy atom. The first-order valence-electron chi connectivity index (χ1n) is 5.05. The van der Waals surface area contributed by atoms with Gasteiger partial charge in [-0.15, -0.1) is 0 Å². The van der Waals surface area contributed by atoms with Gasteiger partial charge in [0.2, 0.25) is 0 Å². The van der Waals surface area contributed by atoms with E-state index in [1.54, 1.807) is 12.1 Å². The van der Waals surface area contributed by atoms with Crippen LogP contribution >= 0.6 is 11.6 Å². The van der Waals surface area contributed by atoms with E-state index in [2.05, 4.69) is 0 Å². The Hall–Kier alpha value is -1.07. The van der Waals surface area contributed by atoms with Crippen molar-refractivity contribution < 1.29 is 17.9 Å². The number of ketones is 1. The third kappa shape index (κ3) is 2.79. The number of hydrogen-bond donors (Lipinski definition) is 0. The Morgan fingerprint density at radius 2 is 2.06 bits per heavy atom. The van der Waals surface area contributed by atoms with E-state index in [0.717, 1.165) is 0 Å². The highest BCUT2D eigenvalue weighted by atomic mass is 35.5. The van der Waals surface area contributed by atoms with Gasteiger partial charge in [0.25, 0.3) is 0 Å². The molecule has 6 heteroatoms. The van der Waals surface area contributed by atoms with Gasteiger partial charge >= 0.3 is 0 Å². The van der Waals surface area contributed by atoms with Crippen LogP contribution in [0.15, 0.2) is 18.2 Å². The maximum absolute atomic E-state index is 11.1. The van der Waals surface area contributed by atoms with E-state index >= 15 is 0 Å². The van der Waals surface area contributed by atoms with Crippen molar-refractivity contribution in [2.24, 2.45) is 0 Å². The molecule has 1 aliphatic heterocycles. The minimum atomic E-state index is -2.91. The molecule has 0 spiro atoms. The van der Waals surface area contributed by atoms with Gasteiger partial charge in [-0.2, -0.15) is 0 Å². The van der Waals surface area contributed by atoms with E-state index in [9.17, 15) is 13.2 Å². The lowest BCUT2D eigenvalue weighted by molar-refractivity contribution is 0.101. The zero-order valence-corrected chi connectivity index (χ0v) is 10.7. The summed E-state index contributed by atoms with van der Waals surface area (Å²) in [5.74, 6) is 0.386. The summed E-state index contributed by atoms with van der Waals surface area (Å²) in [7, 11) is -2.91. The number of hydrogen-bond acceptors (Lipinski definition) is 4. The quantitative estimate of drug-likeness (QED) is 0.788. The second-order valence-corrected chi connectivity index (χ2v) is 6.58. The highest BCUT2D eigenvalue weighted by molar-refractivity contribution is 7.92. The van der Waals surface area contributed by atoms with Crippen LogP contribution in [0.4, 0.5) is 0 Å². The summed E-state index contributed by atoms with van der Waals surface area (Å²) in [5.41, 5.74) is 0.503. The topological polar surface area (TPSA) is 60.4 Å². The molecule has 1 fully saturated rings. The molecule has 0 amide bonds. The summed E-state index contributed by atoms with van der Waals surface area (Å²) in [5, 5.41) is 0.321. The first kappa shape index (κ1) is 12.4. The summed E-state index contributed by atoms with van der Waals surface area (Å²) in [6, 6.07) is 4.72. The Kier molecular flexibility index (Phi) is 3.14. The minimum Gasteiger partial charge on any atom is -0.487 e. The molecule has 2 rings (SSSR count). The normalized spacial score (nSPS) is 18.5. The lowest BCUT2D eigenvalue weighted by Gasteiger charge is -2.26. The van der Waals surface area contributed by atoms with Gasteiger partial charge in [-0.3, -0.25) is 4.79 Å². The molecule has 1 aromatic carbocycles. The highest BCUT2D eigenvalue weighted by Crippen LogP contribution is 2.28. The van der Waals surface area contributed by atoms with Gasteiger partial charge in [-0.1, -0.05) is 11.6 Å². The highest BCUT2D eigenvalue weighted by Gasteiger charge is 2.35. The van der Waals surface area contributed by atoms with Crippen molar-refractivity contribution in [3.8, 4) is 5.75 Å². The molecule has 0 aliphatic carbocycles. The molecular weight excluding hydrogens is 264 g/mol. The number of halogens is 1. The number of ether oxygens (including phenoxy) is 1. The predicted octanol–water partition coefficient (Wildman–Crippen LogP) is 1.72. The molecule has 17 heavy (non-hydrogen) atoms. The lowest BCUT2D eigenvalue weighted by Crippen LogP contribution is -2.45. The molecule has 4 nitrogen and oxygen atoms in total. The van der Waals surface area contributed by atoms with Crippen LogP contribution < -0.4 is 4.74 Å². The molecule has 0 atom stereocenters. The molecule has 1 heterocycles. The zero-order valence-electron chi connectivity index (χ0n) is 9.14. The Morgan fingerprint density at radius 3 is 2.53 bits per heavy atom. The molecule has 0 bridgehead atoms. The summed E-state index contributed by atoms with van der Waals surface area (Å²) in [6.45, 7) is 1.45. The zero-order chi connectivity index (χ0) is 12.6. The van der Waals surface area contributed by atoms with Gasteiger partial charge in [0.05, 0.1) is 16.5 Å². The van der Waals surface area contributed by atoms with E-state index in [-0.39, 0.29) is 23.4 Å². The Labute approximate surface area is 104 Å². The largest absolute Gasteiger partial charge is 0.487 e. The summed E-state index contributed by atoms with van der Waals surface area (Å²) in [6.07, 6.45) is -0.333. The van der Waals surface area contributed by atoms with Gasteiger partial charge in [-0.05, 0) is 25.1 Å². The molecule has 0 aromatic heterocycles. The Balaban J connectivity index is 2.10. The average Bonchev–Trinajstić information content (AvgIpc) is 2.17. The summed E-state index contributed by atoms with van der Waals surface area (Å²) in [4.78, 5) is 11.1. The molecule has 0 saturated carbocycles. The van der Waals surface area contributed by atoms with Gasteiger partial charge in [0, 0.05) is 5.56 Å². The van der Waals surface area contributed by atoms with Gasteiger partial charge in [-0.25, -0.2) is 8.42 Å². The smallest absolute Gasteiger partial charge is 0.159 e. The molecule has 1 aliphatic rings. The predicted molar refractivity (Wildman–Crippen MR) is 64.5 cm³/mol. The van der Waals surface area contributed by atoms with Gasteiger partial charge < -0.3 is 4.74 Å². The fourth-order valence-electron chi connectivity index (χ4n) is 1.58. The number of Topliss-reactive ketones (excluding diaryl/α,β-unsaturated/α-hetero) is 1. The van der Waals surface area contributed by atoms with Crippen LogP contribution in [0, 0.1) is 0 Å². The van der Waals surface area contributed by atoms with Crippen LogP contribution in [0.25, 0.3) is 0 Å². The second-order valence-electron chi connectivity index (χ2n) is 4.02. The standard InChI is InChI=1S/C11H11ClO4S/c1-7(13)8-2-3-11(10(12)4-8)16-9-5-17(14,15)6-9/h2-4,9H,5-6H2,1H3. The van der Waals surface area contributed by atoms with Crippen molar-refractivity contribution in [2.75, 3.05) is 11.5 Å². The second kappa shape index (κ2) is 4.31. The van der Waals surface area contributed by atoms with Crippen LogP contribution in [-0.4, -0.2) is 31.8 Å². The molecule has 0 unspecified atom stereocenters. The Bertz CT molecular complexity index is 553. The fraction of sp³-hybridized carbons (Fsp3) is 0.364. The molecule has 92 valence electrons.